The molecule has 1 atom stereocenters. The number of ether oxygens (including phenoxy) is 2. The maximum Gasteiger partial charge on any atom is 0.267 e. The zero-order chi connectivity index (χ0) is 23.4. The van der Waals surface area contributed by atoms with Crippen LogP contribution in [0.4, 0.5) is 11.4 Å². The highest BCUT2D eigenvalue weighted by Crippen LogP contribution is 2.34. The smallest absolute Gasteiger partial charge is 0.267 e. The number of hydrogen-bond donors (Lipinski definition) is 1. The second kappa shape index (κ2) is 9.56. The first-order chi connectivity index (χ1) is 15.9. The van der Waals surface area contributed by atoms with E-state index in [2.05, 4.69) is 5.32 Å². The van der Waals surface area contributed by atoms with Crippen molar-refractivity contribution in [3.63, 3.8) is 0 Å². The average molecular weight is 444 g/mol. The number of hydrogen-bond acceptors (Lipinski definition) is 5. The third-order valence-electron chi connectivity index (χ3n) is 5.32. The van der Waals surface area contributed by atoms with Gasteiger partial charge in [0.05, 0.1) is 5.69 Å². The predicted molar refractivity (Wildman–Crippen MR) is 125 cm³/mol. The molecule has 0 saturated carbocycles. The molecule has 0 aliphatic carbocycles. The van der Waals surface area contributed by atoms with E-state index in [9.17, 15) is 14.4 Å². The lowest BCUT2D eigenvalue weighted by atomic mass is 10.0. The van der Waals surface area contributed by atoms with Crippen molar-refractivity contribution < 1.29 is 23.9 Å². The summed E-state index contributed by atoms with van der Waals surface area (Å²) in [7, 11) is 1.65. The molecule has 0 saturated heterocycles. The van der Waals surface area contributed by atoms with Crippen LogP contribution in [0.25, 0.3) is 0 Å². The fourth-order valence-corrected chi connectivity index (χ4v) is 3.51. The normalized spacial score (nSPS) is 14.8. The van der Waals surface area contributed by atoms with Crippen LogP contribution in [-0.2, 0) is 9.59 Å². The minimum atomic E-state index is -0.563. The predicted octanol–water partition coefficient (Wildman–Crippen LogP) is 4.82. The lowest BCUT2D eigenvalue weighted by molar-refractivity contribution is -0.125. The Labute approximate surface area is 191 Å². The Kier molecular flexibility index (Phi) is 6.40. The molecule has 168 valence electrons. The van der Waals surface area contributed by atoms with E-state index in [1.807, 2.05) is 30.3 Å². The van der Waals surface area contributed by atoms with E-state index in [0.717, 1.165) is 5.75 Å². The Hall–Kier alpha value is -4.13. The highest BCUT2D eigenvalue weighted by atomic mass is 16.5. The molecule has 33 heavy (non-hydrogen) atoms. The van der Waals surface area contributed by atoms with Crippen molar-refractivity contribution >= 4 is 29.0 Å². The number of nitrogens with zero attached hydrogens (tertiary/aromatic N) is 1. The minimum Gasteiger partial charge on any atom is -0.479 e. The number of likely N-dealkylation sites (N-methyl/N-ethyl adjacent to an activating group) is 1. The monoisotopic (exact) mass is 444 g/mol. The largest absolute Gasteiger partial charge is 0.479 e. The van der Waals surface area contributed by atoms with Crippen molar-refractivity contribution in [2.45, 2.75) is 25.9 Å². The maximum atomic E-state index is 12.6. The van der Waals surface area contributed by atoms with Gasteiger partial charge < -0.3 is 19.7 Å². The lowest BCUT2D eigenvalue weighted by Gasteiger charge is -2.30. The fraction of sp³-hybridized carbons (Fsp3) is 0.192. The van der Waals surface area contributed by atoms with Crippen LogP contribution in [0.1, 0.15) is 30.1 Å². The van der Waals surface area contributed by atoms with Gasteiger partial charge in [-0.05, 0) is 61.5 Å². The van der Waals surface area contributed by atoms with E-state index in [1.54, 1.807) is 56.4 Å². The summed E-state index contributed by atoms with van der Waals surface area (Å²) in [5.74, 6) is 1.32. The van der Waals surface area contributed by atoms with Gasteiger partial charge in [-0.25, -0.2) is 0 Å². The summed E-state index contributed by atoms with van der Waals surface area (Å²) in [4.78, 5) is 38.5. The van der Waals surface area contributed by atoms with Crippen molar-refractivity contribution in [1.82, 2.24) is 0 Å². The molecule has 1 heterocycles. The molecule has 0 fully saturated rings. The van der Waals surface area contributed by atoms with Gasteiger partial charge in [-0.15, -0.1) is 0 Å². The zero-order valence-electron chi connectivity index (χ0n) is 18.4. The quantitative estimate of drug-likeness (QED) is 0.528. The summed E-state index contributed by atoms with van der Waals surface area (Å²) in [6, 6.07) is 21.4. The van der Waals surface area contributed by atoms with E-state index >= 15 is 0 Å². The number of ketones is 1. The molecule has 0 spiro atoms. The molecular weight excluding hydrogens is 420 g/mol. The van der Waals surface area contributed by atoms with E-state index in [0.29, 0.717) is 28.4 Å². The van der Waals surface area contributed by atoms with Crippen LogP contribution in [0.5, 0.6) is 17.2 Å². The highest BCUT2D eigenvalue weighted by molar-refractivity contribution is 6.04. The van der Waals surface area contributed by atoms with Gasteiger partial charge in [0.2, 0.25) is 5.91 Å². The number of amides is 2. The number of fused-ring (bicyclic) bond motifs is 1. The summed E-state index contributed by atoms with van der Waals surface area (Å²) in [5.41, 5.74) is 1.60. The molecule has 2 amide bonds. The number of rotatable bonds is 7. The SMILES string of the molecule is CC1Oc2ccc(C(=O)CCC(=O)Nc3ccc(Oc4ccccc4)cc3)cc2N(C)C1=O. The van der Waals surface area contributed by atoms with Gasteiger partial charge in [0.15, 0.2) is 11.9 Å². The number of carbonyl (C=O) groups is 3. The summed E-state index contributed by atoms with van der Waals surface area (Å²) in [6.07, 6.45) is -0.471. The van der Waals surface area contributed by atoms with Gasteiger partial charge in [-0.1, -0.05) is 18.2 Å². The first kappa shape index (κ1) is 22.1. The van der Waals surface area contributed by atoms with Crippen LogP contribution in [-0.4, -0.2) is 30.7 Å². The topological polar surface area (TPSA) is 84.9 Å². The molecule has 7 heteroatoms. The number of anilines is 2. The molecule has 7 nitrogen and oxygen atoms in total. The third kappa shape index (κ3) is 5.20. The summed E-state index contributed by atoms with van der Waals surface area (Å²) < 4.78 is 11.3. The molecule has 4 rings (SSSR count). The lowest BCUT2D eigenvalue weighted by Crippen LogP contribution is -2.42. The number of nitrogens with one attached hydrogen (secondary N) is 1. The molecule has 0 aromatic heterocycles. The maximum absolute atomic E-state index is 12.6. The molecule has 0 bridgehead atoms. The number of Topliss-reactive ketones (excluding diaryl/α,β-unsaturated/α-hetero) is 1. The van der Waals surface area contributed by atoms with Crippen molar-refractivity contribution in [3.05, 3.63) is 78.4 Å². The Balaban J connectivity index is 1.31. The Morgan fingerprint density at radius 3 is 2.39 bits per heavy atom. The molecule has 1 N–H and O–H groups in total. The van der Waals surface area contributed by atoms with Gasteiger partial charge in [0, 0.05) is 31.1 Å². The number of benzene rings is 3. The zero-order valence-corrected chi connectivity index (χ0v) is 18.4. The van der Waals surface area contributed by atoms with Gasteiger partial charge in [-0.2, -0.15) is 0 Å². The molecular formula is C26H24N2O5. The van der Waals surface area contributed by atoms with E-state index in [1.165, 1.54) is 4.90 Å². The van der Waals surface area contributed by atoms with Crippen LogP contribution in [0.3, 0.4) is 0 Å². The van der Waals surface area contributed by atoms with Crippen LogP contribution in [0.2, 0.25) is 0 Å². The van der Waals surface area contributed by atoms with Gasteiger partial charge in [-0.3, -0.25) is 14.4 Å². The Bertz CT molecular complexity index is 1180. The Morgan fingerprint density at radius 1 is 0.970 bits per heavy atom. The Morgan fingerprint density at radius 2 is 1.67 bits per heavy atom. The standard InChI is InChI=1S/C26H24N2O5/c1-17-26(31)28(2)22-16-18(8-14-24(22)32-17)23(29)13-15-25(30)27-19-9-11-21(12-10-19)33-20-6-4-3-5-7-20/h3-12,14,16-17H,13,15H2,1-2H3,(H,27,30). The van der Waals surface area contributed by atoms with Crippen molar-refractivity contribution in [1.29, 1.82) is 0 Å². The van der Waals surface area contributed by atoms with Gasteiger partial charge >= 0.3 is 0 Å². The molecule has 1 aliphatic heterocycles. The molecule has 3 aromatic rings. The van der Waals surface area contributed by atoms with Gasteiger partial charge in [0.25, 0.3) is 5.91 Å². The van der Waals surface area contributed by atoms with Crippen LogP contribution in [0.15, 0.2) is 72.8 Å². The molecule has 3 aromatic carbocycles. The first-order valence-corrected chi connectivity index (χ1v) is 10.6. The van der Waals surface area contributed by atoms with Crippen LogP contribution in [0, 0.1) is 0 Å². The third-order valence-corrected chi connectivity index (χ3v) is 5.32. The second-order valence-corrected chi connectivity index (χ2v) is 7.75. The van der Waals surface area contributed by atoms with Crippen molar-refractivity contribution in [2.75, 3.05) is 17.3 Å². The first-order valence-electron chi connectivity index (χ1n) is 10.6. The van der Waals surface area contributed by atoms with E-state index < -0.39 is 6.10 Å². The van der Waals surface area contributed by atoms with Crippen LogP contribution < -0.4 is 19.7 Å². The average Bonchev–Trinajstić information content (AvgIpc) is 2.83. The summed E-state index contributed by atoms with van der Waals surface area (Å²) >= 11 is 0. The van der Waals surface area contributed by atoms with Crippen molar-refractivity contribution in [3.8, 4) is 17.2 Å². The number of carbonyl (C=O) groups excluding carboxylic acids is 3. The van der Waals surface area contributed by atoms with Gasteiger partial charge in [0.1, 0.15) is 17.2 Å². The molecule has 1 aliphatic rings. The van der Waals surface area contributed by atoms with Crippen molar-refractivity contribution in [2.24, 2.45) is 0 Å². The second-order valence-electron chi connectivity index (χ2n) is 7.75. The highest BCUT2D eigenvalue weighted by Gasteiger charge is 2.29. The van der Waals surface area contributed by atoms with Crippen LogP contribution >= 0.6 is 0 Å². The molecule has 0 radical (unpaired) electrons. The number of para-hydroxylation sites is 1. The minimum absolute atomic E-state index is 0.0422. The fourth-order valence-electron chi connectivity index (χ4n) is 3.51. The summed E-state index contributed by atoms with van der Waals surface area (Å²) in [6.45, 7) is 1.68. The van der Waals surface area contributed by atoms with E-state index in [-0.39, 0.29) is 30.4 Å². The molecule has 1 unspecified atom stereocenters. The summed E-state index contributed by atoms with van der Waals surface area (Å²) in [5, 5.41) is 2.79. The van der Waals surface area contributed by atoms with E-state index in [4.69, 9.17) is 9.47 Å².